The molecule has 0 bridgehead atoms. The Morgan fingerprint density at radius 2 is 2.46 bits per heavy atom. The molecule has 4 heteroatoms. The molecule has 4 nitrogen and oxygen atoms in total. The third-order valence-corrected chi connectivity index (χ3v) is 1.70. The first kappa shape index (κ1) is 9.36. The molecule has 1 aromatic heterocycles. The Hall–Kier alpha value is -1.73. The number of carbonyl (C=O) groups excluding carboxylic acids is 1. The SMILES string of the molecule is CC(=O)C(N)c1ccnc(C#N)c1. The van der Waals surface area contributed by atoms with Crippen LogP contribution in [0.4, 0.5) is 0 Å². The van der Waals surface area contributed by atoms with Crippen molar-refractivity contribution in [1.82, 2.24) is 4.98 Å². The summed E-state index contributed by atoms with van der Waals surface area (Å²) in [6.45, 7) is 1.41. The molecule has 13 heavy (non-hydrogen) atoms. The van der Waals surface area contributed by atoms with Crippen molar-refractivity contribution in [3.05, 3.63) is 29.6 Å². The lowest BCUT2D eigenvalue weighted by Gasteiger charge is -2.06. The van der Waals surface area contributed by atoms with Crippen LogP contribution in [0.5, 0.6) is 0 Å². The largest absolute Gasteiger partial charge is 0.318 e. The Morgan fingerprint density at radius 3 is 3.00 bits per heavy atom. The molecular formula is C9H9N3O. The van der Waals surface area contributed by atoms with Gasteiger partial charge < -0.3 is 5.73 Å². The molecule has 1 aromatic rings. The van der Waals surface area contributed by atoms with Crippen LogP contribution in [-0.2, 0) is 4.79 Å². The van der Waals surface area contributed by atoms with Gasteiger partial charge in [-0.25, -0.2) is 4.98 Å². The van der Waals surface area contributed by atoms with Crippen LogP contribution >= 0.6 is 0 Å². The van der Waals surface area contributed by atoms with Gasteiger partial charge in [-0.1, -0.05) is 0 Å². The van der Waals surface area contributed by atoms with E-state index in [1.54, 1.807) is 6.07 Å². The standard InChI is InChI=1S/C9H9N3O/c1-6(13)9(11)7-2-3-12-8(4-7)5-10/h2-4,9H,11H2,1H3. The zero-order valence-corrected chi connectivity index (χ0v) is 7.19. The smallest absolute Gasteiger partial charge is 0.150 e. The molecule has 66 valence electrons. The second-order valence-electron chi connectivity index (χ2n) is 2.67. The van der Waals surface area contributed by atoms with Gasteiger partial charge >= 0.3 is 0 Å². The van der Waals surface area contributed by atoms with Crippen LogP contribution in [0.3, 0.4) is 0 Å². The first-order valence-electron chi connectivity index (χ1n) is 3.77. The van der Waals surface area contributed by atoms with Gasteiger partial charge in [0, 0.05) is 6.20 Å². The van der Waals surface area contributed by atoms with Crippen molar-refractivity contribution in [3.8, 4) is 6.07 Å². The highest BCUT2D eigenvalue weighted by molar-refractivity contribution is 5.82. The molecule has 0 aliphatic heterocycles. The van der Waals surface area contributed by atoms with Gasteiger partial charge in [0.2, 0.25) is 0 Å². The third kappa shape index (κ3) is 2.10. The Kier molecular flexibility index (Phi) is 2.72. The molecular weight excluding hydrogens is 166 g/mol. The third-order valence-electron chi connectivity index (χ3n) is 1.70. The van der Waals surface area contributed by atoms with Crippen LogP contribution < -0.4 is 5.73 Å². The predicted octanol–water partition coefficient (Wildman–Crippen LogP) is 0.542. The highest BCUT2D eigenvalue weighted by Crippen LogP contribution is 2.10. The Labute approximate surface area is 76.0 Å². The van der Waals surface area contributed by atoms with E-state index in [1.165, 1.54) is 19.2 Å². The molecule has 0 aromatic carbocycles. The van der Waals surface area contributed by atoms with E-state index in [2.05, 4.69) is 4.98 Å². The monoisotopic (exact) mass is 175 g/mol. The molecule has 1 atom stereocenters. The number of nitrogens with two attached hydrogens (primary N) is 1. The van der Waals surface area contributed by atoms with E-state index in [0.29, 0.717) is 5.56 Å². The van der Waals surface area contributed by atoms with E-state index in [9.17, 15) is 4.79 Å². The van der Waals surface area contributed by atoms with Crippen molar-refractivity contribution >= 4 is 5.78 Å². The predicted molar refractivity (Wildman–Crippen MR) is 46.6 cm³/mol. The summed E-state index contributed by atoms with van der Waals surface area (Å²) in [6.07, 6.45) is 1.47. The first-order valence-corrected chi connectivity index (χ1v) is 3.77. The summed E-state index contributed by atoms with van der Waals surface area (Å²) in [7, 11) is 0. The quantitative estimate of drug-likeness (QED) is 0.711. The summed E-state index contributed by atoms with van der Waals surface area (Å²) in [5.74, 6) is -0.130. The van der Waals surface area contributed by atoms with Crippen molar-refractivity contribution in [2.75, 3.05) is 0 Å². The summed E-state index contributed by atoms with van der Waals surface area (Å²) in [5, 5.41) is 8.54. The lowest BCUT2D eigenvalue weighted by Crippen LogP contribution is -2.18. The zero-order chi connectivity index (χ0) is 9.84. The maximum atomic E-state index is 10.9. The Morgan fingerprint density at radius 1 is 1.77 bits per heavy atom. The van der Waals surface area contributed by atoms with Crippen molar-refractivity contribution in [2.45, 2.75) is 13.0 Å². The number of hydrogen-bond acceptors (Lipinski definition) is 4. The minimum Gasteiger partial charge on any atom is -0.318 e. The van der Waals surface area contributed by atoms with Gasteiger partial charge in [0.15, 0.2) is 5.78 Å². The van der Waals surface area contributed by atoms with E-state index >= 15 is 0 Å². The number of hydrogen-bond donors (Lipinski definition) is 1. The van der Waals surface area contributed by atoms with E-state index in [0.717, 1.165) is 0 Å². The van der Waals surface area contributed by atoms with Gasteiger partial charge in [0.05, 0.1) is 6.04 Å². The van der Waals surface area contributed by atoms with Gasteiger partial charge in [-0.2, -0.15) is 5.26 Å². The van der Waals surface area contributed by atoms with E-state index < -0.39 is 6.04 Å². The molecule has 0 fully saturated rings. The average molecular weight is 175 g/mol. The maximum absolute atomic E-state index is 10.9. The van der Waals surface area contributed by atoms with Crippen molar-refractivity contribution in [3.63, 3.8) is 0 Å². The fourth-order valence-corrected chi connectivity index (χ4v) is 0.936. The molecule has 1 rings (SSSR count). The van der Waals surface area contributed by atoms with Crippen LogP contribution in [-0.4, -0.2) is 10.8 Å². The molecule has 2 N–H and O–H groups in total. The molecule has 0 radical (unpaired) electrons. The van der Waals surface area contributed by atoms with Gasteiger partial charge in [0.1, 0.15) is 11.8 Å². The summed E-state index contributed by atoms with van der Waals surface area (Å²) in [4.78, 5) is 14.7. The topological polar surface area (TPSA) is 79.8 Å². The fourth-order valence-electron chi connectivity index (χ4n) is 0.936. The molecule has 0 spiro atoms. The van der Waals surface area contributed by atoms with Gasteiger partial charge in [0.25, 0.3) is 0 Å². The van der Waals surface area contributed by atoms with Crippen LogP contribution in [0.15, 0.2) is 18.3 Å². The number of pyridine rings is 1. The number of carbonyl (C=O) groups is 1. The minimum atomic E-state index is -0.657. The van der Waals surface area contributed by atoms with Crippen LogP contribution in [0.2, 0.25) is 0 Å². The molecule has 0 aliphatic rings. The highest BCUT2D eigenvalue weighted by Gasteiger charge is 2.11. The van der Waals surface area contributed by atoms with Crippen molar-refractivity contribution in [1.29, 1.82) is 5.26 Å². The normalized spacial score (nSPS) is 11.8. The summed E-state index contributed by atoms with van der Waals surface area (Å²) < 4.78 is 0. The molecule has 0 amide bonds. The zero-order valence-electron chi connectivity index (χ0n) is 7.19. The highest BCUT2D eigenvalue weighted by atomic mass is 16.1. The average Bonchev–Trinajstić information content (AvgIpc) is 2.16. The number of aromatic nitrogens is 1. The van der Waals surface area contributed by atoms with Crippen molar-refractivity contribution < 1.29 is 4.79 Å². The number of rotatable bonds is 2. The Bertz CT molecular complexity index is 367. The molecule has 1 heterocycles. The lowest BCUT2D eigenvalue weighted by molar-refractivity contribution is -0.118. The van der Waals surface area contributed by atoms with E-state index in [-0.39, 0.29) is 11.5 Å². The van der Waals surface area contributed by atoms with E-state index in [4.69, 9.17) is 11.0 Å². The Balaban J connectivity index is 3.03. The van der Waals surface area contributed by atoms with Gasteiger partial charge in [-0.15, -0.1) is 0 Å². The number of nitriles is 1. The summed E-state index contributed by atoms with van der Waals surface area (Å²) in [6, 6.07) is 4.38. The molecule has 0 saturated heterocycles. The van der Waals surface area contributed by atoms with Gasteiger partial charge in [-0.05, 0) is 24.6 Å². The number of Topliss-reactive ketones (excluding diaryl/α,β-unsaturated/α-hetero) is 1. The molecule has 0 saturated carbocycles. The number of ketones is 1. The van der Waals surface area contributed by atoms with Crippen molar-refractivity contribution in [2.24, 2.45) is 5.73 Å². The summed E-state index contributed by atoms with van der Waals surface area (Å²) in [5.41, 5.74) is 6.47. The van der Waals surface area contributed by atoms with Gasteiger partial charge in [-0.3, -0.25) is 4.79 Å². The minimum absolute atomic E-state index is 0.130. The van der Waals surface area contributed by atoms with Crippen LogP contribution in [0.1, 0.15) is 24.2 Å². The van der Waals surface area contributed by atoms with Crippen LogP contribution in [0.25, 0.3) is 0 Å². The molecule has 1 unspecified atom stereocenters. The maximum Gasteiger partial charge on any atom is 0.150 e. The lowest BCUT2D eigenvalue weighted by atomic mass is 10.1. The fraction of sp³-hybridized carbons (Fsp3) is 0.222. The van der Waals surface area contributed by atoms with Crippen LogP contribution in [0, 0.1) is 11.3 Å². The first-order chi connectivity index (χ1) is 6.15. The van der Waals surface area contributed by atoms with E-state index in [1.807, 2.05) is 6.07 Å². The molecule has 0 aliphatic carbocycles. The second kappa shape index (κ2) is 3.78. The number of nitrogens with zero attached hydrogens (tertiary/aromatic N) is 2. The summed E-state index contributed by atoms with van der Waals surface area (Å²) >= 11 is 0. The second-order valence-corrected chi connectivity index (χ2v) is 2.67.